The van der Waals surface area contributed by atoms with Crippen molar-refractivity contribution in [1.29, 1.82) is 5.26 Å². The molecular formula is C30H31FN6O4S. The van der Waals surface area contributed by atoms with Gasteiger partial charge in [-0.05, 0) is 37.1 Å². The van der Waals surface area contributed by atoms with Crippen molar-refractivity contribution in [2.24, 2.45) is 0 Å². The number of nitrogens with zero attached hydrogens (tertiary/aromatic N) is 6. The van der Waals surface area contributed by atoms with E-state index in [1.54, 1.807) is 18.2 Å². The molecule has 218 valence electrons. The van der Waals surface area contributed by atoms with Crippen molar-refractivity contribution < 1.29 is 23.4 Å². The van der Waals surface area contributed by atoms with Gasteiger partial charge in [-0.2, -0.15) is 10.2 Å². The van der Waals surface area contributed by atoms with Gasteiger partial charge in [0.25, 0.3) is 0 Å². The number of pyridine rings is 1. The molecule has 0 saturated carbocycles. The van der Waals surface area contributed by atoms with Gasteiger partial charge in [-0.1, -0.05) is 12.1 Å². The van der Waals surface area contributed by atoms with Crippen molar-refractivity contribution in [2.45, 2.75) is 38.6 Å². The number of hydrogen-bond acceptors (Lipinski definition) is 10. The predicted molar refractivity (Wildman–Crippen MR) is 155 cm³/mol. The molecule has 0 aliphatic carbocycles. The van der Waals surface area contributed by atoms with Crippen LogP contribution in [0.15, 0.2) is 42.5 Å². The molecule has 1 aromatic carbocycles. The second-order valence-corrected chi connectivity index (χ2v) is 11.4. The summed E-state index contributed by atoms with van der Waals surface area (Å²) in [6.07, 6.45) is 2.14. The second kappa shape index (κ2) is 12.4. The zero-order valence-corrected chi connectivity index (χ0v) is 24.1. The number of aromatic nitrogens is 3. The standard InChI is InChI=1S/C30H31FN6O4S/c1-39-30(38)25-15-24-29(42-25)34-27(37(24)17-22-8-13-40-22)18-35-9-3-10-36(12-11-35)26-4-2-5-28(33-26)41-19-21-7-6-20(16-32)14-23(21)31/h2,4-7,14-15,22H,3,8-13,17-19H2,1H3/t22-/m0/s1. The van der Waals surface area contributed by atoms with Gasteiger partial charge >= 0.3 is 5.97 Å². The molecule has 2 fully saturated rings. The first-order valence-corrected chi connectivity index (χ1v) is 14.8. The monoisotopic (exact) mass is 590 g/mol. The average molecular weight is 591 g/mol. The van der Waals surface area contributed by atoms with E-state index in [-0.39, 0.29) is 24.2 Å². The number of carbonyl (C=O) groups excluding carboxylic acids is 1. The molecular weight excluding hydrogens is 559 g/mol. The summed E-state index contributed by atoms with van der Waals surface area (Å²) in [4.78, 5) is 27.7. The number of fused-ring (bicyclic) bond motifs is 1. The summed E-state index contributed by atoms with van der Waals surface area (Å²) < 4.78 is 32.9. The maximum Gasteiger partial charge on any atom is 0.348 e. The topological polar surface area (TPSA) is 106 Å². The number of imidazole rings is 1. The van der Waals surface area contributed by atoms with E-state index in [2.05, 4.69) is 19.4 Å². The van der Waals surface area contributed by atoms with Gasteiger partial charge in [0, 0.05) is 44.4 Å². The first-order valence-electron chi connectivity index (χ1n) is 14.0. The second-order valence-electron chi connectivity index (χ2n) is 10.4. The van der Waals surface area contributed by atoms with E-state index in [0.29, 0.717) is 29.4 Å². The number of nitriles is 1. The van der Waals surface area contributed by atoms with E-state index in [1.807, 2.05) is 24.3 Å². The Morgan fingerprint density at radius 2 is 2.07 bits per heavy atom. The zero-order valence-electron chi connectivity index (χ0n) is 23.3. The molecule has 0 amide bonds. The van der Waals surface area contributed by atoms with Gasteiger partial charge < -0.3 is 23.7 Å². The molecule has 6 rings (SSSR count). The van der Waals surface area contributed by atoms with Crippen molar-refractivity contribution in [1.82, 2.24) is 19.4 Å². The highest BCUT2D eigenvalue weighted by atomic mass is 32.1. The third kappa shape index (κ3) is 6.09. The Kier molecular flexibility index (Phi) is 8.32. The van der Waals surface area contributed by atoms with Crippen LogP contribution in [-0.2, 0) is 29.2 Å². The van der Waals surface area contributed by atoms with E-state index >= 15 is 0 Å². The molecule has 0 spiro atoms. The Bertz CT molecular complexity index is 1630. The molecule has 2 aliphatic heterocycles. The number of anilines is 1. The molecule has 4 aromatic rings. The summed E-state index contributed by atoms with van der Waals surface area (Å²) in [6, 6.07) is 13.8. The lowest BCUT2D eigenvalue weighted by Gasteiger charge is -2.28. The molecule has 2 aliphatic rings. The van der Waals surface area contributed by atoms with Crippen LogP contribution in [0, 0.1) is 17.1 Å². The van der Waals surface area contributed by atoms with Crippen LogP contribution in [0.1, 0.15) is 39.5 Å². The maximum atomic E-state index is 14.3. The van der Waals surface area contributed by atoms with Gasteiger partial charge in [0.15, 0.2) is 0 Å². The summed E-state index contributed by atoms with van der Waals surface area (Å²) >= 11 is 1.36. The normalized spacial score (nSPS) is 17.5. The van der Waals surface area contributed by atoms with E-state index in [0.717, 1.165) is 67.6 Å². The largest absolute Gasteiger partial charge is 0.473 e. The Morgan fingerprint density at radius 3 is 2.83 bits per heavy atom. The molecule has 0 unspecified atom stereocenters. The first kappa shape index (κ1) is 28.1. The molecule has 5 heterocycles. The lowest BCUT2D eigenvalue weighted by molar-refractivity contribution is -0.0591. The van der Waals surface area contributed by atoms with Crippen molar-refractivity contribution in [2.75, 3.05) is 44.8 Å². The van der Waals surface area contributed by atoms with E-state index < -0.39 is 5.82 Å². The number of esters is 1. The fraction of sp³-hybridized carbons (Fsp3) is 0.400. The van der Waals surface area contributed by atoms with Crippen molar-refractivity contribution >= 4 is 33.5 Å². The van der Waals surface area contributed by atoms with Crippen LogP contribution in [-0.4, -0.2) is 71.4 Å². The fourth-order valence-corrected chi connectivity index (χ4v) is 6.19. The summed E-state index contributed by atoms with van der Waals surface area (Å²) in [5.74, 6) is 1.39. The predicted octanol–water partition coefficient (Wildman–Crippen LogP) is 4.37. The number of ether oxygens (including phenoxy) is 3. The number of benzene rings is 1. The summed E-state index contributed by atoms with van der Waals surface area (Å²) in [6.45, 7) is 5.60. The number of rotatable bonds is 9. The number of methoxy groups -OCH3 is 1. The van der Waals surface area contributed by atoms with E-state index in [4.69, 9.17) is 24.5 Å². The Hall–Kier alpha value is -4.05. The summed E-state index contributed by atoms with van der Waals surface area (Å²) in [7, 11) is 1.39. The van der Waals surface area contributed by atoms with Crippen LogP contribution in [0.25, 0.3) is 10.3 Å². The number of carbonyl (C=O) groups is 1. The van der Waals surface area contributed by atoms with Crippen molar-refractivity contribution in [3.8, 4) is 11.9 Å². The van der Waals surface area contributed by atoms with Crippen LogP contribution < -0.4 is 9.64 Å². The van der Waals surface area contributed by atoms with Gasteiger partial charge in [0.2, 0.25) is 5.88 Å². The number of hydrogen-bond donors (Lipinski definition) is 0. The third-order valence-electron chi connectivity index (χ3n) is 7.64. The minimum absolute atomic E-state index is 0.0267. The molecule has 12 heteroatoms. The lowest BCUT2D eigenvalue weighted by atomic mass is 10.1. The maximum absolute atomic E-state index is 14.3. The zero-order chi connectivity index (χ0) is 29.1. The Balaban J connectivity index is 1.11. The third-order valence-corrected chi connectivity index (χ3v) is 8.64. The van der Waals surface area contributed by atoms with Gasteiger partial charge in [0.1, 0.15) is 33.8 Å². The minimum atomic E-state index is -0.470. The van der Waals surface area contributed by atoms with E-state index in [1.165, 1.54) is 24.5 Å². The highest BCUT2D eigenvalue weighted by Crippen LogP contribution is 2.29. The molecule has 0 bridgehead atoms. The first-order chi connectivity index (χ1) is 20.5. The van der Waals surface area contributed by atoms with Crippen molar-refractivity contribution in [3.63, 3.8) is 0 Å². The average Bonchev–Trinajstić information content (AvgIpc) is 3.43. The van der Waals surface area contributed by atoms with Gasteiger partial charge in [-0.15, -0.1) is 11.3 Å². The van der Waals surface area contributed by atoms with Gasteiger partial charge in [-0.25, -0.2) is 14.2 Å². The van der Waals surface area contributed by atoms with Gasteiger partial charge in [-0.3, -0.25) is 4.90 Å². The quantitative estimate of drug-likeness (QED) is 0.263. The molecule has 1 atom stereocenters. The van der Waals surface area contributed by atoms with Crippen molar-refractivity contribution in [3.05, 3.63) is 70.1 Å². The molecule has 3 aromatic heterocycles. The Labute approximate surface area is 246 Å². The fourth-order valence-electron chi connectivity index (χ4n) is 5.22. The number of thiophene rings is 1. The minimum Gasteiger partial charge on any atom is -0.473 e. The summed E-state index contributed by atoms with van der Waals surface area (Å²) in [5, 5.41) is 8.95. The smallest absolute Gasteiger partial charge is 0.348 e. The number of halogens is 1. The molecule has 0 N–H and O–H groups in total. The summed E-state index contributed by atoms with van der Waals surface area (Å²) in [5.41, 5.74) is 1.59. The van der Waals surface area contributed by atoms with Gasteiger partial charge in [0.05, 0.1) is 43.5 Å². The van der Waals surface area contributed by atoms with Crippen LogP contribution in [0.3, 0.4) is 0 Å². The van der Waals surface area contributed by atoms with Crippen LogP contribution in [0.4, 0.5) is 10.2 Å². The van der Waals surface area contributed by atoms with Crippen LogP contribution >= 0.6 is 11.3 Å². The molecule has 42 heavy (non-hydrogen) atoms. The van der Waals surface area contributed by atoms with Crippen LogP contribution in [0.5, 0.6) is 5.88 Å². The highest BCUT2D eigenvalue weighted by Gasteiger charge is 2.26. The highest BCUT2D eigenvalue weighted by molar-refractivity contribution is 7.20. The van der Waals surface area contributed by atoms with E-state index in [9.17, 15) is 9.18 Å². The molecule has 10 nitrogen and oxygen atoms in total. The molecule has 2 saturated heterocycles. The molecule has 0 radical (unpaired) electrons. The SMILES string of the molecule is COC(=O)c1cc2c(nc(CN3CCCN(c4cccc(OCc5ccc(C#N)cc5F)n4)CC3)n2C[C@@H]2CCO2)s1. The van der Waals surface area contributed by atoms with Crippen LogP contribution in [0.2, 0.25) is 0 Å². The lowest BCUT2D eigenvalue weighted by Crippen LogP contribution is -2.34. The Morgan fingerprint density at radius 1 is 1.19 bits per heavy atom.